The molecule has 0 spiro atoms. The van der Waals surface area contributed by atoms with Gasteiger partial charge in [-0.25, -0.2) is 8.42 Å². The molecular weight excluding hydrogens is 637 g/mol. The molecule has 1 aliphatic carbocycles. The van der Waals surface area contributed by atoms with E-state index in [1.165, 1.54) is 37.3 Å². The number of methoxy groups -OCH3 is 2. The number of hydrogen-bond acceptors (Lipinski definition) is 6. The molecule has 3 aromatic carbocycles. The zero-order valence-corrected chi connectivity index (χ0v) is 28.2. The molecule has 45 heavy (non-hydrogen) atoms. The minimum Gasteiger partial charge on any atom is -0.493 e. The van der Waals surface area contributed by atoms with Crippen LogP contribution >= 0.6 is 23.2 Å². The van der Waals surface area contributed by atoms with E-state index in [1.807, 2.05) is 6.92 Å². The third kappa shape index (κ3) is 8.42. The number of ether oxygens (including phenoxy) is 2. The summed E-state index contributed by atoms with van der Waals surface area (Å²) in [7, 11) is -1.44. The van der Waals surface area contributed by atoms with E-state index >= 15 is 0 Å². The highest BCUT2D eigenvalue weighted by Crippen LogP contribution is 2.33. The molecular formula is C33H39Cl2N3O6S. The van der Waals surface area contributed by atoms with Crippen LogP contribution < -0.4 is 19.1 Å². The highest BCUT2D eigenvalue weighted by Gasteiger charge is 2.34. The summed E-state index contributed by atoms with van der Waals surface area (Å²) in [6.45, 7) is 2.91. The monoisotopic (exact) mass is 675 g/mol. The maximum Gasteiger partial charge on any atom is 0.264 e. The summed E-state index contributed by atoms with van der Waals surface area (Å²) in [5.41, 5.74) is 1.77. The number of nitrogens with zero attached hydrogens (tertiary/aromatic N) is 2. The van der Waals surface area contributed by atoms with E-state index in [2.05, 4.69) is 5.32 Å². The molecule has 3 aromatic rings. The Kier molecular flexibility index (Phi) is 11.6. The van der Waals surface area contributed by atoms with Crippen LogP contribution in [0.2, 0.25) is 10.0 Å². The Morgan fingerprint density at radius 3 is 2.22 bits per heavy atom. The normalized spacial score (nSPS) is 14.4. The van der Waals surface area contributed by atoms with Gasteiger partial charge in [-0.3, -0.25) is 13.9 Å². The van der Waals surface area contributed by atoms with E-state index < -0.39 is 28.5 Å². The summed E-state index contributed by atoms with van der Waals surface area (Å²) in [6.07, 6.45) is 4.94. The van der Waals surface area contributed by atoms with E-state index in [-0.39, 0.29) is 34.8 Å². The van der Waals surface area contributed by atoms with Gasteiger partial charge >= 0.3 is 0 Å². The molecule has 1 atom stereocenters. The molecule has 0 bridgehead atoms. The fourth-order valence-corrected chi connectivity index (χ4v) is 7.23. The third-order valence-corrected chi connectivity index (χ3v) is 10.4. The van der Waals surface area contributed by atoms with Gasteiger partial charge in [-0.2, -0.15) is 0 Å². The SMILES string of the molecule is COc1ccc(S(=O)(=O)N(CC(=O)N(Cc2ccc(Cl)cc2Cl)[C@H](C)C(=O)NC2CCCCC2)c2ccc(C)cc2)cc1OC. The summed E-state index contributed by atoms with van der Waals surface area (Å²) in [4.78, 5) is 29.0. The highest BCUT2D eigenvalue weighted by atomic mass is 35.5. The van der Waals surface area contributed by atoms with Gasteiger partial charge in [0.15, 0.2) is 11.5 Å². The van der Waals surface area contributed by atoms with Crippen LogP contribution in [-0.4, -0.2) is 58.0 Å². The molecule has 0 saturated heterocycles. The summed E-state index contributed by atoms with van der Waals surface area (Å²) in [6, 6.07) is 15.1. The molecule has 0 aliphatic heterocycles. The van der Waals surface area contributed by atoms with E-state index in [1.54, 1.807) is 49.4 Å². The number of rotatable bonds is 12. The van der Waals surface area contributed by atoms with Gasteiger partial charge < -0.3 is 19.7 Å². The Morgan fingerprint density at radius 1 is 0.933 bits per heavy atom. The van der Waals surface area contributed by atoms with Gasteiger partial charge in [-0.1, -0.05) is 66.2 Å². The van der Waals surface area contributed by atoms with Gasteiger partial charge in [0.25, 0.3) is 10.0 Å². The number of carbonyl (C=O) groups is 2. The van der Waals surface area contributed by atoms with Crippen molar-refractivity contribution in [3.63, 3.8) is 0 Å². The van der Waals surface area contributed by atoms with Crippen LogP contribution in [0.25, 0.3) is 0 Å². The number of hydrogen-bond donors (Lipinski definition) is 1. The van der Waals surface area contributed by atoms with Crippen LogP contribution in [0.1, 0.15) is 50.2 Å². The fourth-order valence-electron chi connectivity index (χ4n) is 5.33. The first kappa shape index (κ1) is 34.4. The average Bonchev–Trinajstić information content (AvgIpc) is 3.03. The Hall–Kier alpha value is -3.47. The average molecular weight is 677 g/mol. The lowest BCUT2D eigenvalue weighted by atomic mass is 9.95. The minimum absolute atomic E-state index is 0.0271. The topological polar surface area (TPSA) is 105 Å². The molecule has 1 fully saturated rings. The number of aryl methyl sites for hydroxylation is 1. The van der Waals surface area contributed by atoms with Gasteiger partial charge in [-0.15, -0.1) is 0 Å². The second-order valence-electron chi connectivity index (χ2n) is 11.1. The van der Waals surface area contributed by atoms with E-state index in [4.69, 9.17) is 32.7 Å². The predicted molar refractivity (Wildman–Crippen MR) is 177 cm³/mol. The van der Waals surface area contributed by atoms with Crippen molar-refractivity contribution >= 4 is 50.7 Å². The maximum absolute atomic E-state index is 14.2. The minimum atomic E-state index is -4.30. The molecule has 12 heteroatoms. The lowest BCUT2D eigenvalue weighted by Crippen LogP contribution is -2.53. The summed E-state index contributed by atoms with van der Waals surface area (Å²) >= 11 is 12.6. The van der Waals surface area contributed by atoms with Crippen LogP contribution in [0.3, 0.4) is 0 Å². The number of carbonyl (C=O) groups excluding carboxylic acids is 2. The van der Waals surface area contributed by atoms with Crippen LogP contribution in [0.15, 0.2) is 65.6 Å². The summed E-state index contributed by atoms with van der Waals surface area (Å²) in [5, 5.41) is 3.84. The van der Waals surface area contributed by atoms with Crippen LogP contribution in [0.4, 0.5) is 5.69 Å². The lowest BCUT2D eigenvalue weighted by molar-refractivity contribution is -0.139. The molecule has 2 amide bonds. The van der Waals surface area contributed by atoms with Crippen LogP contribution in [-0.2, 0) is 26.2 Å². The summed E-state index contributed by atoms with van der Waals surface area (Å²) < 4.78 is 40.1. The molecule has 4 rings (SSSR count). The van der Waals surface area contributed by atoms with E-state index in [9.17, 15) is 18.0 Å². The first-order valence-electron chi connectivity index (χ1n) is 14.8. The van der Waals surface area contributed by atoms with Crippen molar-refractivity contribution in [2.75, 3.05) is 25.1 Å². The van der Waals surface area contributed by atoms with Crippen LogP contribution in [0.5, 0.6) is 11.5 Å². The molecule has 1 N–H and O–H groups in total. The van der Waals surface area contributed by atoms with Crippen molar-refractivity contribution in [1.29, 1.82) is 0 Å². The zero-order chi connectivity index (χ0) is 32.7. The van der Waals surface area contributed by atoms with Gasteiger partial charge in [0.1, 0.15) is 12.6 Å². The predicted octanol–water partition coefficient (Wildman–Crippen LogP) is 6.38. The van der Waals surface area contributed by atoms with Gasteiger partial charge in [0, 0.05) is 28.7 Å². The molecule has 0 radical (unpaired) electrons. The van der Waals surface area contributed by atoms with Crippen molar-refractivity contribution in [2.45, 2.75) is 69.5 Å². The van der Waals surface area contributed by atoms with Crippen molar-refractivity contribution < 1.29 is 27.5 Å². The lowest BCUT2D eigenvalue weighted by Gasteiger charge is -2.33. The number of halogens is 2. The molecule has 1 saturated carbocycles. The Labute approximate surface area is 275 Å². The number of benzene rings is 3. The van der Waals surface area contributed by atoms with Crippen LogP contribution in [0, 0.1) is 6.92 Å². The van der Waals surface area contributed by atoms with Crippen molar-refractivity contribution in [3.8, 4) is 11.5 Å². The molecule has 242 valence electrons. The van der Waals surface area contributed by atoms with Crippen molar-refractivity contribution in [3.05, 3.63) is 81.8 Å². The molecule has 0 unspecified atom stereocenters. The molecule has 9 nitrogen and oxygen atoms in total. The second-order valence-corrected chi connectivity index (χ2v) is 13.8. The molecule has 0 aromatic heterocycles. The summed E-state index contributed by atoms with van der Waals surface area (Å²) in [5.74, 6) is -0.319. The molecule has 0 heterocycles. The number of anilines is 1. The van der Waals surface area contributed by atoms with E-state index in [0.717, 1.165) is 42.0 Å². The third-order valence-electron chi connectivity index (χ3n) is 8.02. The van der Waals surface area contributed by atoms with Gasteiger partial charge in [0.05, 0.1) is 24.8 Å². The van der Waals surface area contributed by atoms with Crippen molar-refractivity contribution in [2.24, 2.45) is 0 Å². The number of amides is 2. The Balaban J connectivity index is 1.72. The second kappa shape index (κ2) is 15.2. The van der Waals surface area contributed by atoms with Gasteiger partial charge in [0.2, 0.25) is 11.8 Å². The number of sulfonamides is 1. The quantitative estimate of drug-likeness (QED) is 0.239. The maximum atomic E-state index is 14.2. The van der Waals surface area contributed by atoms with E-state index in [0.29, 0.717) is 21.4 Å². The number of nitrogens with one attached hydrogen (secondary N) is 1. The fraction of sp³-hybridized carbons (Fsp3) is 0.394. The molecule has 1 aliphatic rings. The Bertz CT molecular complexity index is 1610. The highest BCUT2D eigenvalue weighted by molar-refractivity contribution is 7.92. The smallest absolute Gasteiger partial charge is 0.264 e. The van der Waals surface area contributed by atoms with Crippen molar-refractivity contribution in [1.82, 2.24) is 10.2 Å². The first-order chi connectivity index (χ1) is 21.4. The van der Waals surface area contributed by atoms with Gasteiger partial charge in [-0.05, 0) is 68.7 Å². The zero-order valence-electron chi connectivity index (χ0n) is 25.9. The standard InChI is InChI=1S/C33H39Cl2N3O6S/c1-22-10-14-27(15-11-22)38(45(41,42)28-16-17-30(43-3)31(19-28)44-4)21-32(39)37(20-24-12-13-25(34)18-29(24)35)23(2)33(40)36-26-8-6-5-7-9-26/h10-19,23,26H,5-9,20-21H2,1-4H3,(H,36,40)/t23-/m1/s1. The first-order valence-corrected chi connectivity index (χ1v) is 17.0. The largest absolute Gasteiger partial charge is 0.493 e. The Morgan fingerprint density at radius 2 is 1.60 bits per heavy atom.